The molecule has 1 N–H and O–H groups in total. The summed E-state index contributed by atoms with van der Waals surface area (Å²) in [5.41, 5.74) is 5.88. The fourth-order valence-corrected chi connectivity index (χ4v) is 5.02. The Morgan fingerprint density at radius 2 is 1.83 bits per heavy atom. The molecule has 0 aromatic heterocycles. The standard InChI is InChI=1S/C29H30N2O3S/c1-20-9-10-21(2)24(17-20)19-31-25-7-4-5-8-26(25)35-27(29(31)33)18-22-11-13-23(14-12-22)28(32)30-15-6-16-34-3/h4-5,7-14,17-18H,6,15-16,19H2,1-3H3,(H,30,32)/b27-18-. The Kier molecular flexibility index (Phi) is 8.06. The van der Waals surface area contributed by atoms with Crippen molar-refractivity contribution >= 4 is 35.3 Å². The molecule has 0 saturated heterocycles. The first kappa shape index (κ1) is 24.8. The molecule has 0 atom stereocenters. The molecule has 0 aliphatic carbocycles. The van der Waals surface area contributed by atoms with Crippen LogP contribution in [0.25, 0.3) is 6.08 Å². The average Bonchev–Trinajstić information content (AvgIpc) is 2.86. The van der Waals surface area contributed by atoms with E-state index in [0.717, 1.165) is 28.1 Å². The quantitative estimate of drug-likeness (QED) is 0.325. The van der Waals surface area contributed by atoms with E-state index in [1.54, 1.807) is 19.2 Å². The fourth-order valence-electron chi connectivity index (χ4n) is 3.96. The van der Waals surface area contributed by atoms with Crippen molar-refractivity contribution in [2.75, 3.05) is 25.2 Å². The molecule has 180 valence electrons. The highest BCUT2D eigenvalue weighted by atomic mass is 32.2. The summed E-state index contributed by atoms with van der Waals surface area (Å²) in [5.74, 6) is -0.133. The van der Waals surface area contributed by atoms with Gasteiger partial charge in [0.2, 0.25) is 0 Å². The molecule has 0 radical (unpaired) electrons. The van der Waals surface area contributed by atoms with Crippen molar-refractivity contribution in [3.8, 4) is 0 Å². The van der Waals surface area contributed by atoms with Gasteiger partial charge in [-0.15, -0.1) is 0 Å². The zero-order valence-electron chi connectivity index (χ0n) is 20.3. The van der Waals surface area contributed by atoms with Gasteiger partial charge in [0.15, 0.2) is 0 Å². The summed E-state index contributed by atoms with van der Waals surface area (Å²) < 4.78 is 5.01. The molecule has 0 fully saturated rings. The molecule has 0 saturated carbocycles. The van der Waals surface area contributed by atoms with Gasteiger partial charge in [-0.1, -0.05) is 59.8 Å². The molecule has 6 heteroatoms. The number of thioether (sulfide) groups is 1. The number of hydrogen-bond acceptors (Lipinski definition) is 4. The number of para-hydroxylation sites is 1. The summed E-state index contributed by atoms with van der Waals surface area (Å²) in [7, 11) is 1.64. The van der Waals surface area contributed by atoms with Crippen LogP contribution in [0.1, 0.15) is 39.0 Å². The van der Waals surface area contributed by atoms with Gasteiger partial charge >= 0.3 is 0 Å². The summed E-state index contributed by atoms with van der Waals surface area (Å²) >= 11 is 1.49. The van der Waals surface area contributed by atoms with Gasteiger partial charge in [-0.3, -0.25) is 9.59 Å². The normalized spacial score (nSPS) is 14.2. The van der Waals surface area contributed by atoms with Crippen LogP contribution in [0, 0.1) is 13.8 Å². The number of methoxy groups -OCH3 is 1. The van der Waals surface area contributed by atoms with E-state index < -0.39 is 0 Å². The van der Waals surface area contributed by atoms with Gasteiger partial charge < -0.3 is 15.0 Å². The number of carbonyl (C=O) groups is 2. The van der Waals surface area contributed by atoms with Crippen molar-refractivity contribution in [1.29, 1.82) is 0 Å². The molecule has 3 aromatic rings. The third kappa shape index (κ3) is 6.02. The van der Waals surface area contributed by atoms with Gasteiger partial charge in [-0.05, 0) is 67.3 Å². The maximum Gasteiger partial charge on any atom is 0.265 e. The number of nitrogens with one attached hydrogen (secondary N) is 1. The molecule has 1 aliphatic rings. The SMILES string of the molecule is COCCCNC(=O)c1ccc(/C=C2\Sc3ccccc3N(Cc3cc(C)ccc3C)C2=O)cc1. The van der Waals surface area contributed by atoms with Crippen LogP contribution in [0.4, 0.5) is 5.69 Å². The lowest BCUT2D eigenvalue weighted by Gasteiger charge is -2.31. The first-order valence-corrected chi connectivity index (χ1v) is 12.5. The first-order chi connectivity index (χ1) is 17.0. The highest BCUT2D eigenvalue weighted by Gasteiger charge is 2.29. The Bertz CT molecular complexity index is 1250. The predicted octanol–water partition coefficient (Wildman–Crippen LogP) is 5.75. The summed E-state index contributed by atoms with van der Waals surface area (Å²) in [6, 6.07) is 21.7. The number of anilines is 1. The van der Waals surface area contributed by atoms with E-state index in [9.17, 15) is 9.59 Å². The molecular weight excluding hydrogens is 456 g/mol. The van der Waals surface area contributed by atoms with Gasteiger partial charge in [0.25, 0.3) is 11.8 Å². The second-order valence-electron chi connectivity index (χ2n) is 8.62. The van der Waals surface area contributed by atoms with Crippen molar-refractivity contribution in [2.45, 2.75) is 31.7 Å². The predicted molar refractivity (Wildman–Crippen MR) is 143 cm³/mol. The Hall–Kier alpha value is -3.35. The average molecular weight is 487 g/mol. The van der Waals surface area contributed by atoms with Crippen LogP contribution >= 0.6 is 11.8 Å². The Labute approximate surface area is 211 Å². The molecule has 2 amide bonds. The van der Waals surface area contributed by atoms with Crippen LogP contribution in [0.15, 0.2) is 76.5 Å². The maximum atomic E-state index is 13.6. The Morgan fingerprint density at radius 3 is 2.60 bits per heavy atom. The van der Waals surface area contributed by atoms with E-state index >= 15 is 0 Å². The lowest BCUT2D eigenvalue weighted by molar-refractivity contribution is -0.114. The number of hydrogen-bond donors (Lipinski definition) is 1. The highest BCUT2D eigenvalue weighted by Crippen LogP contribution is 2.42. The molecule has 0 spiro atoms. The summed E-state index contributed by atoms with van der Waals surface area (Å²) in [5, 5.41) is 2.89. The number of ether oxygens (including phenoxy) is 1. The molecule has 1 heterocycles. The number of amides is 2. The van der Waals surface area contributed by atoms with Crippen LogP contribution < -0.4 is 10.2 Å². The zero-order valence-corrected chi connectivity index (χ0v) is 21.2. The Balaban J connectivity index is 1.56. The lowest BCUT2D eigenvalue weighted by Crippen LogP contribution is -2.34. The minimum atomic E-state index is -0.114. The molecule has 4 rings (SSSR count). The van der Waals surface area contributed by atoms with Gasteiger partial charge in [0.05, 0.1) is 17.1 Å². The first-order valence-electron chi connectivity index (χ1n) is 11.7. The van der Waals surface area contributed by atoms with Crippen LogP contribution in [-0.2, 0) is 16.1 Å². The van der Waals surface area contributed by atoms with E-state index in [1.165, 1.54) is 22.9 Å². The van der Waals surface area contributed by atoms with Crippen LogP contribution in [-0.4, -0.2) is 32.1 Å². The smallest absolute Gasteiger partial charge is 0.265 e. The minimum absolute atomic E-state index is 0.0189. The minimum Gasteiger partial charge on any atom is -0.385 e. The van der Waals surface area contributed by atoms with E-state index in [-0.39, 0.29) is 11.8 Å². The fraction of sp³-hybridized carbons (Fsp3) is 0.241. The third-order valence-corrected chi connectivity index (χ3v) is 7.02. The zero-order chi connectivity index (χ0) is 24.8. The summed E-state index contributed by atoms with van der Waals surface area (Å²) in [4.78, 5) is 29.5. The second-order valence-corrected chi connectivity index (χ2v) is 9.71. The number of nitrogens with zero attached hydrogens (tertiary/aromatic N) is 1. The molecular formula is C29H30N2O3S. The lowest BCUT2D eigenvalue weighted by atomic mass is 10.0. The van der Waals surface area contributed by atoms with Crippen LogP contribution in [0.3, 0.4) is 0 Å². The number of carbonyl (C=O) groups excluding carboxylic acids is 2. The molecule has 0 bridgehead atoms. The molecule has 35 heavy (non-hydrogen) atoms. The van der Waals surface area contributed by atoms with Crippen molar-refractivity contribution in [3.63, 3.8) is 0 Å². The number of rotatable bonds is 8. The van der Waals surface area contributed by atoms with Crippen LogP contribution in [0.5, 0.6) is 0 Å². The largest absolute Gasteiger partial charge is 0.385 e. The Morgan fingerprint density at radius 1 is 1.06 bits per heavy atom. The van der Waals surface area contributed by atoms with E-state index in [4.69, 9.17) is 4.74 Å². The van der Waals surface area contributed by atoms with Gasteiger partial charge in [-0.2, -0.15) is 0 Å². The highest BCUT2D eigenvalue weighted by molar-refractivity contribution is 8.04. The summed E-state index contributed by atoms with van der Waals surface area (Å²) in [6.07, 6.45) is 2.67. The van der Waals surface area contributed by atoms with Gasteiger partial charge in [-0.25, -0.2) is 0 Å². The van der Waals surface area contributed by atoms with E-state index in [2.05, 4.69) is 37.4 Å². The van der Waals surface area contributed by atoms with Crippen molar-refractivity contribution in [3.05, 3.63) is 99.5 Å². The van der Waals surface area contributed by atoms with Gasteiger partial charge in [0, 0.05) is 30.7 Å². The molecule has 3 aromatic carbocycles. The monoisotopic (exact) mass is 486 g/mol. The molecule has 5 nitrogen and oxygen atoms in total. The van der Waals surface area contributed by atoms with Crippen molar-refractivity contribution in [2.24, 2.45) is 0 Å². The van der Waals surface area contributed by atoms with Crippen LogP contribution in [0.2, 0.25) is 0 Å². The topological polar surface area (TPSA) is 58.6 Å². The third-order valence-electron chi connectivity index (χ3n) is 5.95. The second kappa shape index (κ2) is 11.4. The number of fused-ring (bicyclic) bond motifs is 1. The summed E-state index contributed by atoms with van der Waals surface area (Å²) in [6.45, 7) is 5.85. The number of benzene rings is 3. The molecule has 1 aliphatic heterocycles. The van der Waals surface area contributed by atoms with Gasteiger partial charge in [0.1, 0.15) is 0 Å². The van der Waals surface area contributed by atoms with E-state index in [1.807, 2.05) is 47.4 Å². The maximum absolute atomic E-state index is 13.6. The number of aryl methyl sites for hydroxylation is 2. The van der Waals surface area contributed by atoms with E-state index in [0.29, 0.717) is 30.2 Å². The van der Waals surface area contributed by atoms with Crippen molar-refractivity contribution in [1.82, 2.24) is 5.32 Å². The van der Waals surface area contributed by atoms with Crippen molar-refractivity contribution < 1.29 is 14.3 Å². The molecule has 0 unspecified atom stereocenters.